The van der Waals surface area contributed by atoms with Gasteiger partial charge in [-0.15, -0.1) is 0 Å². The zero-order chi connectivity index (χ0) is 15.1. The number of hydrogen-bond donors (Lipinski definition) is 1. The average Bonchev–Trinajstić information content (AvgIpc) is 2.53. The third-order valence-electron chi connectivity index (χ3n) is 3.49. The molecule has 21 heavy (non-hydrogen) atoms. The summed E-state index contributed by atoms with van der Waals surface area (Å²) in [5.74, 6) is 0.924. The minimum Gasteiger partial charge on any atom is -0.494 e. The molecule has 0 heterocycles. The number of likely N-dealkylation sites (N-methyl/N-ethyl adjacent to an activating group) is 1. The number of nitrogens with one attached hydrogen (secondary N) is 1. The first kappa shape index (κ1) is 15.9. The van der Waals surface area contributed by atoms with Crippen molar-refractivity contribution in [3.63, 3.8) is 0 Å². The second-order valence-electron chi connectivity index (χ2n) is 5.05. The van der Waals surface area contributed by atoms with Crippen LogP contribution in [0.5, 0.6) is 5.75 Å². The van der Waals surface area contributed by atoms with Gasteiger partial charge in [0.25, 0.3) is 0 Å². The Labute approximate surface area is 132 Å². The lowest BCUT2D eigenvalue weighted by Gasteiger charge is -2.18. The van der Waals surface area contributed by atoms with Crippen molar-refractivity contribution in [1.29, 1.82) is 0 Å². The van der Waals surface area contributed by atoms with E-state index in [1.807, 2.05) is 37.4 Å². The summed E-state index contributed by atoms with van der Waals surface area (Å²) < 4.78 is 5.62. The fraction of sp³-hybridized carbons (Fsp3) is 0.333. The molecule has 0 aromatic heterocycles. The van der Waals surface area contributed by atoms with E-state index in [-0.39, 0.29) is 6.04 Å². The highest BCUT2D eigenvalue weighted by Gasteiger charge is 2.12. The predicted octanol–water partition coefficient (Wildman–Crippen LogP) is 4.63. The van der Waals surface area contributed by atoms with Gasteiger partial charge in [-0.1, -0.05) is 48.9 Å². The summed E-state index contributed by atoms with van der Waals surface area (Å²) in [5, 5.41) is 4.18. The molecule has 112 valence electrons. The molecule has 0 spiro atoms. The third kappa shape index (κ3) is 4.48. The molecule has 2 aromatic rings. The smallest absolute Gasteiger partial charge is 0.119 e. The lowest BCUT2D eigenvalue weighted by molar-refractivity contribution is 0.317. The van der Waals surface area contributed by atoms with Crippen LogP contribution in [0.1, 0.15) is 30.5 Å². The molecule has 0 aliphatic rings. The highest BCUT2D eigenvalue weighted by molar-refractivity contribution is 6.31. The second-order valence-corrected chi connectivity index (χ2v) is 5.46. The van der Waals surface area contributed by atoms with Gasteiger partial charge in [0.1, 0.15) is 5.75 Å². The van der Waals surface area contributed by atoms with Gasteiger partial charge >= 0.3 is 0 Å². The van der Waals surface area contributed by atoms with Crippen LogP contribution < -0.4 is 10.1 Å². The molecule has 2 rings (SSSR count). The van der Waals surface area contributed by atoms with Crippen LogP contribution in [-0.4, -0.2) is 13.7 Å². The van der Waals surface area contributed by atoms with Gasteiger partial charge in [0.05, 0.1) is 6.61 Å². The summed E-state index contributed by atoms with van der Waals surface area (Å²) in [4.78, 5) is 0. The molecule has 0 saturated heterocycles. The van der Waals surface area contributed by atoms with Gasteiger partial charge < -0.3 is 10.1 Å². The van der Waals surface area contributed by atoms with Crippen LogP contribution in [0, 0.1) is 0 Å². The van der Waals surface area contributed by atoms with Crippen LogP contribution in [0.3, 0.4) is 0 Å². The fourth-order valence-electron chi connectivity index (χ4n) is 2.29. The van der Waals surface area contributed by atoms with Crippen LogP contribution in [0.2, 0.25) is 5.02 Å². The molecule has 0 fully saturated rings. The highest BCUT2D eigenvalue weighted by Crippen LogP contribution is 2.24. The summed E-state index contributed by atoms with van der Waals surface area (Å²) in [5.41, 5.74) is 2.39. The molecule has 0 aliphatic carbocycles. The van der Waals surface area contributed by atoms with E-state index in [4.69, 9.17) is 16.3 Å². The van der Waals surface area contributed by atoms with E-state index in [0.29, 0.717) is 0 Å². The molecule has 1 unspecified atom stereocenters. The van der Waals surface area contributed by atoms with E-state index in [2.05, 4.69) is 30.4 Å². The standard InChI is InChI=1S/C18H22ClNO/c1-3-12-21-16-10-8-14(9-11-16)18(20-2)13-15-6-4-5-7-17(15)19/h4-11,18,20H,3,12-13H2,1-2H3. The van der Waals surface area contributed by atoms with Crippen LogP contribution in [-0.2, 0) is 6.42 Å². The lowest BCUT2D eigenvalue weighted by atomic mass is 9.99. The van der Waals surface area contributed by atoms with Gasteiger partial charge in [-0.3, -0.25) is 0 Å². The largest absolute Gasteiger partial charge is 0.494 e. The van der Waals surface area contributed by atoms with Crippen LogP contribution in [0.15, 0.2) is 48.5 Å². The van der Waals surface area contributed by atoms with E-state index in [0.717, 1.165) is 35.8 Å². The van der Waals surface area contributed by atoms with Crippen LogP contribution in [0.25, 0.3) is 0 Å². The number of benzene rings is 2. The molecule has 2 nitrogen and oxygen atoms in total. The minimum absolute atomic E-state index is 0.241. The first-order valence-corrected chi connectivity index (χ1v) is 7.75. The molecule has 1 N–H and O–H groups in total. The van der Waals surface area contributed by atoms with Crippen LogP contribution in [0.4, 0.5) is 0 Å². The van der Waals surface area contributed by atoms with E-state index in [1.165, 1.54) is 5.56 Å². The topological polar surface area (TPSA) is 21.3 Å². The summed E-state index contributed by atoms with van der Waals surface area (Å²) in [7, 11) is 1.98. The summed E-state index contributed by atoms with van der Waals surface area (Å²) in [6, 6.07) is 16.5. The zero-order valence-corrected chi connectivity index (χ0v) is 13.4. The predicted molar refractivity (Wildman–Crippen MR) is 89.2 cm³/mol. The maximum absolute atomic E-state index is 6.25. The molecular weight excluding hydrogens is 282 g/mol. The van der Waals surface area contributed by atoms with Crippen molar-refractivity contribution in [2.24, 2.45) is 0 Å². The molecule has 0 radical (unpaired) electrons. The molecular formula is C18H22ClNO. The number of ether oxygens (including phenoxy) is 1. The van der Waals surface area contributed by atoms with Crippen molar-refractivity contribution in [3.05, 3.63) is 64.7 Å². The Balaban J connectivity index is 2.08. The van der Waals surface area contributed by atoms with Crippen molar-refractivity contribution >= 4 is 11.6 Å². The third-order valence-corrected chi connectivity index (χ3v) is 3.85. The van der Waals surface area contributed by atoms with Crippen molar-refractivity contribution in [2.75, 3.05) is 13.7 Å². The Bertz CT molecular complexity index is 553. The maximum atomic E-state index is 6.25. The zero-order valence-electron chi connectivity index (χ0n) is 12.6. The quantitative estimate of drug-likeness (QED) is 0.805. The normalized spacial score (nSPS) is 12.1. The number of rotatable bonds is 7. The Morgan fingerprint density at radius 3 is 2.43 bits per heavy atom. The molecule has 1 atom stereocenters. The number of hydrogen-bond acceptors (Lipinski definition) is 2. The Hall–Kier alpha value is -1.51. The van der Waals surface area contributed by atoms with Gasteiger partial charge in [0.15, 0.2) is 0 Å². The van der Waals surface area contributed by atoms with Gasteiger partial charge in [0, 0.05) is 11.1 Å². The fourth-order valence-corrected chi connectivity index (χ4v) is 2.50. The van der Waals surface area contributed by atoms with Gasteiger partial charge in [-0.2, -0.15) is 0 Å². The maximum Gasteiger partial charge on any atom is 0.119 e. The van der Waals surface area contributed by atoms with Gasteiger partial charge in [-0.05, 0) is 49.2 Å². The minimum atomic E-state index is 0.241. The second kappa shape index (κ2) is 8.06. The Morgan fingerprint density at radius 1 is 1.10 bits per heavy atom. The van der Waals surface area contributed by atoms with Gasteiger partial charge in [-0.25, -0.2) is 0 Å². The van der Waals surface area contributed by atoms with E-state index >= 15 is 0 Å². The molecule has 0 saturated carbocycles. The monoisotopic (exact) mass is 303 g/mol. The SMILES string of the molecule is CCCOc1ccc(C(Cc2ccccc2Cl)NC)cc1. The molecule has 2 aromatic carbocycles. The van der Waals surface area contributed by atoms with Crippen molar-refractivity contribution in [1.82, 2.24) is 5.32 Å². The molecule has 0 amide bonds. The molecule has 0 bridgehead atoms. The Morgan fingerprint density at radius 2 is 1.81 bits per heavy atom. The highest BCUT2D eigenvalue weighted by atomic mass is 35.5. The summed E-state index contributed by atoms with van der Waals surface area (Å²) >= 11 is 6.25. The van der Waals surface area contributed by atoms with Gasteiger partial charge in [0.2, 0.25) is 0 Å². The molecule has 3 heteroatoms. The van der Waals surface area contributed by atoms with Crippen molar-refractivity contribution in [2.45, 2.75) is 25.8 Å². The number of halogens is 1. The van der Waals surface area contributed by atoms with Crippen LogP contribution >= 0.6 is 11.6 Å². The van der Waals surface area contributed by atoms with Crippen molar-refractivity contribution < 1.29 is 4.74 Å². The van der Waals surface area contributed by atoms with Crippen molar-refractivity contribution in [3.8, 4) is 5.75 Å². The summed E-state index contributed by atoms with van der Waals surface area (Å²) in [6.45, 7) is 2.86. The first-order chi connectivity index (χ1) is 10.2. The first-order valence-electron chi connectivity index (χ1n) is 7.38. The summed E-state index contributed by atoms with van der Waals surface area (Å²) in [6.07, 6.45) is 1.89. The van der Waals surface area contributed by atoms with E-state index in [9.17, 15) is 0 Å². The average molecular weight is 304 g/mol. The molecule has 0 aliphatic heterocycles. The Kier molecular flexibility index (Phi) is 6.09. The van der Waals surface area contributed by atoms with E-state index in [1.54, 1.807) is 0 Å². The lowest BCUT2D eigenvalue weighted by Crippen LogP contribution is -2.19. The van der Waals surface area contributed by atoms with E-state index < -0.39 is 0 Å².